The van der Waals surface area contributed by atoms with Gasteiger partial charge in [-0.25, -0.2) is 9.78 Å². The zero-order valence-electron chi connectivity index (χ0n) is 19.5. The molecule has 0 spiro atoms. The zero-order chi connectivity index (χ0) is 22.7. The number of carboxylic acids is 1. The van der Waals surface area contributed by atoms with Crippen LogP contribution in [0.2, 0.25) is 0 Å². The second-order valence-corrected chi connectivity index (χ2v) is 11.4. The molecule has 3 heterocycles. The molecule has 6 atom stereocenters. The number of nitrogens with zero attached hydrogens (tertiary/aromatic N) is 3. The van der Waals surface area contributed by atoms with E-state index in [2.05, 4.69) is 16.8 Å². The lowest BCUT2D eigenvalue weighted by molar-refractivity contribution is -0.0615. The van der Waals surface area contributed by atoms with Crippen molar-refractivity contribution in [1.82, 2.24) is 14.5 Å². The van der Waals surface area contributed by atoms with Crippen molar-refractivity contribution in [3.63, 3.8) is 0 Å². The first kappa shape index (κ1) is 21.3. The molecule has 1 N–H and O–H groups in total. The number of aromatic nitrogens is 2. The first-order valence-electron chi connectivity index (χ1n) is 13.0. The minimum absolute atomic E-state index is 0.0327. The van der Waals surface area contributed by atoms with Crippen molar-refractivity contribution in [3.05, 3.63) is 40.3 Å². The van der Waals surface area contributed by atoms with E-state index in [-0.39, 0.29) is 11.7 Å². The number of piperidine rings is 2. The predicted molar refractivity (Wildman–Crippen MR) is 128 cm³/mol. The lowest BCUT2D eigenvalue weighted by Crippen LogP contribution is -2.60. The van der Waals surface area contributed by atoms with Gasteiger partial charge in [0.2, 0.25) is 5.69 Å². The summed E-state index contributed by atoms with van der Waals surface area (Å²) in [6.07, 6.45) is 12.6. The van der Waals surface area contributed by atoms with Gasteiger partial charge in [0.15, 0.2) is 0 Å². The van der Waals surface area contributed by atoms with Crippen molar-refractivity contribution in [3.8, 4) is 0 Å². The number of benzene rings is 1. The van der Waals surface area contributed by atoms with E-state index in [1.54, 1.807) is 4.57 Å². The van der Waals surface area contributed by atoms with E-state index in [0.29, 0.717) is 29.6 Å². The molecule has 0 amide bonds. The van der Waals surface area contributed by atoms with E-state index in [0.717, 1.165) is 30.2 Å². The SMILES string of the molecule is CC1C[C@@H]2CC(n3c(=O)c(C(=O)O)nc4ccccc43)C[C@H](C1)N2C1CC2CCCC(C2)C1. The van der Waals surface area contributed by atoms with Gasteiger partial charge in [-0.05, 0) is 74.8 Å². The monoisotopic (exact) mass is 449 g/mol. The van der Waals surface area contributed by atoms with Crippen molar-refractivity contribution in [2.24, 2.45) is 17.8 Å². The summed E-state index contributed by atoms with van der Waals surface area (Å²) in [7, 11) is 0. The Bertz CT molecular complexity index is 1100. The van der Waals surface area contributed by atoms with Gasteiger partial charge in [0.1, 0.15) is 0 Å². The minimum atomic E-state index is -1.24. The molecular formula is C27H35N3O3. The van der Waals surface area contributed by atoms with Crippen molar-refractivity contribution in [2.75, 3.05) is 0 Å². The van der Waals surface area contributed by atoms with Crippen LogP contribution < -0.4 is 5.56 Å². The molecule has 2 aliphatic heterocycles. The molecule has 2 saturated carbocycles. The number of rotatable bonds is 3. The van der Waals surface area contributed by atoms with Crippen LogP contribution in [0.5, 0.6) is 0 Å². The average molecular weight is 450 g/mol. The summed E-state index contributed by atoms with van der Waals surface area (Å²) in [5.74, 6) is 1.28. The summed E-state index contributed by atoms with van der Waals surface area (Å²) in [6.45, 7) is 2.38. The van der Waals surface area contributed by atoms with Crippen LogP contribution in [0.15, 0.2) is 29.1 Å². The van der Waals surface area contributed by atoms with Gasteiger partial charge in [-0.15, -0.1) is 0 Å². The topological polar surface area (TPSA) is 75.4 Å². The molecule has 4 unspecified atom stereocenters. The number of hydrogen-bond acceptors (Lipinski definition) is 4. The van der Waals surface area contributed by atoms with Crippen LogP contribution in [0.3, 0.4) is 0 Å². The fraction of sp³-hybridized carbons (Fsp3) is 0.667. The fourth-order valence-electron chi connectivity index (χ4n) is 8.13. The quantitative estimate of drug-likeness (QED) is 0.724. The summed E-state index contributed by atoms with van der Waals surface area (Å²) >= 11 is 0. The third kappa shape index (κ3) is 3.71. The summed E-state index contributed by atoms with van der Waals surface area (Å²) in [4.78, 5) is 32.2. The van der Waals surface area contributed by atoms with E-state index in [4.69, 9.17) is 0 Å². The highest BCUT2D eigenvalue weighted by atomic mass is 16.4. The molecule has 1 aromatic carbocycles. The second-order valence-electron chi connectivity index (χ2n) is 11.4. The van der Waals surface area contributed by atoms with E-state index in [1.807, 2.05) is 24.3 Å². The first-order valence-corrected chi connectivity index (χ1v) is 13.0. The highest BCUT2D eigenvalue weighted by Gasteiger charge is 2.47. The molecule has 4 fully saturated rings. The van der Waals surface area contributed by atoms with Crippen molar-refractivity contribution >= 4 is 17.0 Å². The maximum absolute atomic E-state index is 13.3. The number of carbonyl (C=O) groups is 1. The molecule has 6 nitrogen and oxygen atoms in total. The van der Waals surface area contributed by atoms with Gasteiger partial charge in [0.25, 0.3) is 5.56 Å². The standard InChI is InChI=1S/C27H35N3O3/c1-16-9-19-14-22(30-24-8-3-2-7-23(24)28-25(26(30)31)27(32)33)15-20(10-16)29(19)21-12-17-5-4-6-18(11-17)13-21/h2-3,7-8,16-22H,4-6,9-15H2,1H3,(H,32,33)/t16?,17?,18?,19-,20+,21?,22?. The van der Waals surface area contributed by atoms with Gasteiger partial charge >= 0.3 is 5.97 Å². The molecule has 6 heteroatoms. The maximum Gasteiger partial charge on any atom is 0.360 e. The van der Waals surface area contributed by atoms with Gasteiger partial charge in [0, 0.05) is 24.2 Å². The number of hydrogen-bond donors (Lipinski definition) is 1. The lowest BCUT2D eigenvalue weighted by Gasteiger charge is -2.56. The fourth-order valence-corrected chi connectivity index (χ4v) is 8.13. The van der Waals surface area contributed by atoms with Gasteiger partial charge in [-0.3, -0.25) is 9.69 Å². The van der Waals surface area contributed by atoms with Crippen LogP contribution in [-0.2, 0) is 0 Å². The minimum Gasteiger partial charge on any atom is -0.476 e. The Hall–Kier alpha value is -2.21. The summed E-state index contributed by atoms with van der Waals surface area (Å²) < 4.78 is 1.79. The summed E-state index contributed by atoms with van der Waals surface area (Å²) in [6, 6.07) is 9.19. The van der Waals surface area contributed by atoms with Crippen molar-refractivity contribution < 1.29 is 9.90 Å². The number of aromatic carboxylic acids is 1. The van der Waals surface area contributed by atoms with E-state index in [1.165, 1.54) is 51.4 Å². The van der Waals surface area contributed by atoms with Crippen LogP contribution in [0.1, 0.15) is 87.7 Å². The molecule has 2 aromatic rings. The Kier molecular flexibility index (Phi) is 5.32. The van der Waals surface area contributed by atoms with E-state index in [9.17, 15) is 14.7 Å². The van der Waals surface area contributed by atoms with E-state index < -0.39 is 11.5 Å². The Morgan fingerprint density at radius 1 is 0.909 bits per heavy atom. The van der Waals surface area contributed by atoms with Crippen LogP contribution in [0, 0.1) is 17.8 Å². The van der Waals surface area contributed by atoms with Gasteiger partial charge in [-0.2, -0.15) is 0 Å². The highest BCUT2D eigenvalue weighted by molar-refractivity contribution is 5.88. The lowest BCUT2D eigenvalue weighted by atomic mass is 9.67. The molecule has 0 radical (unpaired) electrons. The molecule has 176 valence electrons. The molecule has 4 aliphatic rings. The largest absolute Gasteiger partial charge is 0.476 e. The molecule has 2 aliphatic carbocycles. The van der Waals surface area contributed by atoms with Crippen LogP contribution in [-0.4, -0.2) is 43.7 Å². The predicted octanol–water partition coefficient (Wildman–Crippen LogP) is 4.87. The van der Waals surface area contributed by atoms with Gasteiger partial charge in [-0.1, -0.05) is 38.3 Å². The highest BCUT2D eigenvalue weighted by Crippen LogP contribution is 2.48. The summed E-state index contributed by atoms with van der Waals surface area (Å²) in [5, 5.41) is 9.65. The Morgan fingerprint density at radius 3 is 2.21 bits per heavy atom. The van der Waals surface area contributed by atoms with Gasteiger partial charge in [0.05, 0.1) is 11.0 Å². The molecular weight excluding hydrogens is 414 g/mol. The zero-order valence-corrected chi connectivity index (χ0v) is 19.5. The smallest absolute Gasteiger partial charge is 0.360 e. The van der Waals surface area contributed by atoms with Crippen molar-refractivity contribution in [2.45, 2.75) is 95.3 Å². The Balaban J connectivity index is 1.36. The molecule has 6 rings (SSSR count). The third-order valence-electron chi connectivity index (χ3n) is 9.17. The normalized spacial score (nSPS) is 36.6. The average Bonchev–Trinajstić information content (AvgIpc) is 2.77. The summed E-state index contributed by atoms with van der Waals surface area (Å²) in [5.41, 5.74) is 0.563. The van der Waals surface area contributed by atoms with Crippen molar-refractivity contribution in [1.29, 1.82) is 0 Å². The first-order chi connectivity index (χ1) is 16.0. The van der Waals surface area contributed by atoms with Crippen LogP contribution >= 0.6 is 0 Å². The Labute approximate surface area is 195 Å². The second kappa shape index (κ2) is 8.23. The van der Waals surface area contributed by atoms with E-state index >= 15 is 0 Å². The third-order valence-corrected chi connectivity index (χ3v) is 9.17. The Morgan fingerprint density at radius 2 is 1.55 bits per heavy atom. The van der Waals surface area contributed by atoms with Gasteiger partial charge < -0.3 is 9.67 Å². The number of para-hydroxylation sites is 2. The maximum atomic E-state index is 13.3. The molecule has 33 heavy (non-hydrogen) atoms. The number of carboxylic acid groups (broad SMARTS) is 1. The number of fused-ring (bicyclic) bond motifs is 5. The van der Waals surface area contributed by atoms with Crippen LogP contribution in [0.4, 0.5) is 0 Å². The molecule has 1 aromatic heterocycles. The molecule has 2 saturated heterocycles. The van der Waals surface area contributed by atoms with Crippen LogP contribution in [0.25, 0.3) is 11.0 Å². The molecule has 4 bridgehead atoms.